The lowest BCUT2D eigenvalue weighted by Gasteiger charge is -2.39. The molecule has 2 atom stereocenters. The highest BCUT2D eigenvalue weighted by molar-refractivity contribution is 14.0. The summed E-state index contributed by atoms with van der Waals surface area (Å²) in [6.07, 6.45) is 4.10. The first-order valence-corrected chi connectivity index (χ1v) is 10.3. The summed E-state index contributed by atoms with van der Waals surface area (Å²) in [6, 6.07) is 0.324. The van der Waals surface area contributed by atoms with Gasteiger partial charge in [0.15, 0.2) is 5.96 Å². The van der Waals surface area contributed by atoms with Crippen LogP contribution in [0.3, 0.4) is 0 Å². The second-order valence-electron chi connectivity index (χ2n) is 8.66. The van der Waals surface area contributed by atoms with Crippen LogP contribution in [0.25, 0.3) is 0 Å². The number of guanidine groups is 1. The first-order valence-electron chi connectivity index (χ1n) is 10.3. The molecule has 0 aromatic heterocycles. The Balaban J connectivity index is 0.00000392. The molecule has 0 aromatic carbocycles. The molecule has 2 N–H and O–H groups in total. The van der Waals surface area contributed by atoms with Crippen molar-refractivity contribution in [1.82, 2.24) is 15.5 Å². The van der Waals surface area contributed by atoms with Gasteiger partial charge in [0.1, 0.15) is 0 Å². The van der Waals surface area contributed by atoms with E-state index in [-0.39, 0.29) is 41.6 Å². The van der Waals surface area contributed by atoms with Gasteiger partial charge in [0.25, 0.3) is 0 Å². The molecule has 0 bridgehead atoms. The zero-order valence-corrected chi connectivity index (χ0v) is 20.5. The van der Waals surface area contributed by atoms with Gasteiger partial charge in [-0.05, 0) is 38.0 Å². The van der Waals surface area contributed by atoms with E-state index >= 15 is 0 Å². The minimum Gasteiger partial charge on any atom is -0.453 e. The van der Waals surface area contributed by atoms with Crippen molar-refractivity contribution >= 4 is 36.0 Å². The van der Waals surface area contributed by atoms with Gasteiger partial charge in [-0.25, -0.2) is 4.79 Å². The largest absolute Gasteiger partial charge is 0.453 e. The van der Waals surface area contributed by atoms with Crippen LogP contribution in [0.2, 0.25) is 0 Å². The van der Waals surface area contributed by atoms with Crippen molar-refractivity contribution < 1.29 is 14.3 Å². The average molecular weight is 510 g/mol. The summed E-state index contributed by atoms with van der Waals surface area (Å²) in [4.78, 5) is 18.3. The Morgan fingerprint density at radius 3 is 2.50 bits per heavy atom. The molecule has 2 aliphatic rings. The van der Waals surface area contributed by atoms with E-state index < -0.39 is 0 Å². The summed E-state index contributed by atoms with van der Waals surface area (Å²) in [7, 11) is 1.43. The van der Waals surface area contributed by atoms with Crippen molar-refractivity contribution in [2.24, 2.45) is 16.3 Å². The number of carbonyl (C=O) groups excluding carboxylic acids is 1. The number of nitrogens with zero attached hydrogens (tertiary/aromatic N) is 2. The number of hydrogen-bond donors (Lipinski definition) is 2. The maximum Gasteiger partial charge on any atom is 0.409 e. The van der Waals surface area contributed by atoms with E-state index in [0.717, 1.165) is 44.9 Å². The van der Waals surface area contributed by atoms with Crippen LogP contribution in [0.15, 0.2) is 4.99 Å². The van der Waals surface area contributed by atoms with Crippen LogP contribution in [0.5, 0.6) is 0 Å². The molecule has 2 heterocycles. The summed E-state index contributed by atoms with van der Waals surface area (Å²) in [6.45, 7) is 12.7. The Bertz CT molecular complexity index is 502. The zero-order chi connectivity index (χ0) is 19.9. The van der Waals surface area contributed by atoms with E-state index in [4.69, 9.17) is 14.5 Å². The highest BCUT2D eigenvalue weighted by Gasteiger charge is 2.35. The molecule has 0 aromatic rings. The second-order valence-corrected chi connectivity index (χ2v) is 8.66. The number of aliphatic imine (C=N–C) groups is 1. The lowest BCUT2D eigenvalue weighted by Crippen LogP contribution is -2.50. The molecule has 0 saturated carbocycles. The number of likely N-dealkylation sites (tertiary alicyclic amines) is 1. The third kappa shape index (κ3) is 7.57. The second kappa shape index (κ2) is 12.0. The SMILES string of the molecule is CCNC(=NCC1CCCOC1C(C)(C)C)NC1CCN(C(=O)OC)CC1.I. The molecule has 8 heteroatoms. The van der Waals surface area contributed by atoms with Gasteiger partial charge in [-0.2, -0.15) is 0 Å². The third-order valence-corrected chi connectivity index (χ3v) is 5.40. The van der Waals surface area contributed by atoms with Crippen LogP contribution in [0.1, 0.15) is 53.4 Å². The van der Waals surface area contributed by atoms with E-state index in [1.165, 1.54) is 13.5 Å². The number of piperidine rings is 1. The highest BCUT2D eigenvalue weighted by Crippen LogP contribution is 2.34. The molecule has 2 fully saturated rings. The third-order valence-electron chi connectivity index (χ3n) is 5.40. The smallest absolute Gasteiger partial charge is 0.409 e. The van der Waals surface area contributed by atoms with Gasteiger partial charge in [-0.1, -0.05) is 20.8 Å². The Labute approximate surface area is 187 Å². The number of halogens is 1. The molecule has 2 rings (SSSR count). The predicted octanol–water partition coefficient (Wildman–Crippen LogP) is 3.23. The molecule has 0 radical (unpaired) electrons. The average Bonchev–Trinajstić information content (AvgIpc) is 2.65. The molecular formula is C20H39IN4O3. The van der Waals surface area contributed by atoms with Crippen LogP contribution in [0, 0.1) is 11.3 Å². The fraction of sp³-hybridized carbons (Fsp3) is 0.900. The molecule has 2 saturated heterocycles. The van der Waals surface area contributed by atoms with E-state index in [2.05, 4.69) is 38.3 Å². The summed E-state index contributed by atoms with van der Waals surface area (Å²) >= 11 is 0. The quantitative estimate of drug-likeness (QED) is 0.345. The Hall–Kier alpha value is -0.770. The number of methoxy groups -OCH3 is 1. The minimum absolute atomic E-state index is 0. The molecule has 1 amide bonds. The highest BCUT2D eigenvalue weighted by atomic mass is 127. The van der Waals surface area contributed by atoms with Gasteiger partial charge in [-0.15, -0.1) is 24.0 Å². The van der Waals surface area contributed by atoms with Crippen molar-refractivity contribution in [3.63, 3.8) is 0 Å². The van der Waals surface area contributed by atoms with Gasteiger partial charge >= 0.3 is 6.09 Å². The first-order chi connectivity index (χ1) is 12.8. The molecule has 0 spiro atoms. The normalized spacial score (nSPS) is 24.3. The Morgan fingerprint density at radius 2 is 1.93 bits per heavy atom. The monoisotopic (exact) mass is 510 g/mol. The summed E-state index contributed by atoms with van der Waals surface area (Å²) in [5.74, 6) is 1.32. The fourth-order valence-corrected chi connectivity index (χ4v) is 4.04. The minimum atomic E-state index is -0.237. The van der Waals surface area contributed by atoms with E-state index in [1.807, 2.05) is 0 Å². The van der Waals surface area contributed by atoms with Crippen LogP contribution < -0.4 is 10.6 Å². The molecule has 28 heavy (non-hydrogen) atoms. The number of amides is 1. The maximum absolute atomic E-state index is 11.6. The Morgan fingerprint density at radius 1 is 1.25 bits per heavy atom. The fourth-order valence-electron chi connectivity index (χ4n) is 4.04. The standard InChI is InChI=1S/C20H38N4O3.HI/c1-6-21-18(23-16-9-11-24(12-10-16)19(25)26-5)22-14-15-8-7-13-27-17(15)20(2,3)4;/h15-17H,6-14H2,1-5H3,(H2,21,22,23);1H. The summed E-state index contributed by atoms with van der Waals surface area (Å²) in [5, 5.41) is 6.91. The lowest BCUT2D eigenvalue weighted by atomic mass is 9.78. The molecule has 0 aliphatic carbocycles. The topological polar surface area (TPSA) is 75.2 Å². The number of carbonyl (C=O) groups is 1. The van der Waals surface area contributed by atoms with E-state index in [0.29, 0.717) is 25.0 Å². The maximum atomic E-state index is 11.6. The number of rotatable bonds is 4. The van der Waals surface area contributed by atoms with Crippen LogP contribution in [-0.2, 0) is 9.47 Å². The van der Waals surface area contributed by atoms with Gasteiger partial charge in [0.2, 0.25) is 0 Å². The molecular weight excluding hydrogens is 471 g/mol. The molecule has 164 valence electrons. The van der Waals surface area contributed by atoms with E-state index in [9.17, 15) is 4.79 Å². The lowest BCUT2D eigenvalue weighted by molar-refractivity contribution is -0.0823. The summed E-state index contributed by atoms with van der Waals surface area (Å²) in [5.41, 5.74) is 0.132. The number of ether oxygens (including phenoxy) is 2. The van der Waals surface area contributed by atoms with Crippen LogP contribution >= 0.6 is 24.0 Å². The predicted molar refractivity (Wildman–Crippen MR) is 123 cm³/mol. The van der Waals surface area contributed by atoms with Crippen molar-refractivity contribution in [3.8, 4) is 0 Å². The van der Waals surface area contributed by atoms with Crippen LogP contribution in [0.4, 0.5) is 4.79 Å². The van der Waals surface area contributed by atoms with Crippen LogP contribution in [-0.4, -0.2) is 69.0 Å². The summed E-state index contributed by atoms with van der Waals surface area (Å²) < 4.78 is 10.9. The van der Waals surface area contributed by atoms with Crippen molar-refractivity contribution in [3.05, 3.63) is 0 Å². The van der Waals surface area contributed by atoms with E-state index in [1.54, 1.807) is 4.90 Å². The number of hydrogen-bond acceptors (Lipinski definition) is 4. The van der Waals surface area contributed by atoms with Crippen molar-refractivity contribution in [1.29, 1.82) is 0 Å². The zero-order valence-electron chi connectivity index (χ0n) is 18.1. The Kier molecular flexibility index (Phi) is 10.9. The molecule has 2 aliphatic heterocycles. The van der Waals surface area contributed by atoms with Crippen molar-refractivity contribution in [2.75, 3.05) is 39.9 Å². The van der Waals surface area contributed by atoms with Crippen molar-refractivity contribution in [2.45, 2.75) is 65.5 Å². The first kappa shape index (κ1) is 25.3. The number of nitrogens with one attached hydrogen (secondary N) is 2. The van der Waals surface area contributed by atoms with Gasteiger partial charge in [0, 0.05) is 44.7 Å². The van der Waals surface area contributed by atoms with Gasteiger partial charge in [-0.3, -0.25) is 4.99 Å². The van der Waals surface area contributed by atoms with Gasteiger partial charge < -0.3 is 25.0 Å². The van der Waals surface area contributed by atoms with Gasteiger partial charge in [0.05, 0.1) is 13.2 Å². The molecule has 7 nitrogen and oxygen atoms in total. The molecule has 2 unspecified atom stereocenters.